The van der Waals surface area contributed by atoms with Crippen LogP contribution in [0.2, 0.25) is 0 Å². The van der Waals surface area contributed by atoms with Gasteiger partial charge in [-0.15, -0.1) is 10.2 Å². The van der Waals surface area contributed by atoms with Crippen LogP contribution in [0.5, 0.6) is 0 Å². The van der Waals surface area contributed by atoms with Crippen LogP contribution >= 0.6 is 0 Å². The first-order valence-corrected chi connectivity index (χ1v) is 8.54. The molecule has 3 aromatic rings. The number of benzene rings is 1. The van der Waals surface area contributed by atoms with Crippen LogP contribution in [0.1, 0.15) is 43.2 Å². The average Bonchev–Trinajstić information content (AvgIpc) is 3.38. The van der Waals surface area contributed by atoms with Crippen LogP contribution in [-0.4, -0.2) is 32.0 Å². The number of methoxy groups -OCH3 is 1. The van der Waals surface area contributed by atoms with Crippen molar-refractivity contribution in [3.63, 3.8) is 0 Å². The van der Waals surface area contributed by atoms with E-state index in [1.54, 1.807) is 7.11 Å². The summed E-state index contributed by atoms with van der Waals surface area (Å²) >= 11 is 0. The van der Waals surface area contributed by atoms with Gasteiger partial charge in [0.1, 0.15) is 11.4 Å². The van der Waals surface area contributed by atoms with Crippen LogP contribution in [0.3, 0.4) is 0 Å². The molecule has 0 bridgehead atoms. The zero-order chi connectivity index (χ0) is 17.3. The van der Waals surface area contributed by atoms with Gasteiger partial charge in [0, 0.05) is 19.7 Å². The predicted molar refractivity (Wildman–Crippen MR) is 90.7 cm³/mol. The molecule has 0 spiro atoms. The molecule has 0 atom stereocenters. The number of hydrogen-bond donors (Lipinski definition) is 0. The maximum atomic E-state index is 5.72. The molecule has 2 aromatic heterocycles. The van der Waals surface area contributed by atoms with Gasteiger partial charge < -0.3 is 13.8 Å². The third-order valence-corrected chi connectivity index (χ3v) is 4.98. The minimum Gasteiger partial charge on any atom is -0.370 e. The van der Waals surface area contributed by atoms with Crippen molar-refractivity contribution in [2.45, 2.75) is 37.7 Å². The molecule has 0 N–H and O–H groups in total. The van der Waals surface area contributed by atoms with E-state index in [9.17, 15) is 0 Å². The molecular formula is C18H21N5O2. The van der Waals surface area contributed by atoms with Gasteiger partial charge >= 0.3 is 0 Å². The molecule has 1 aliphatic rings. The fourth-order valence-corrected chi connectivity index (χ4v) is 3.47. The molecule has 0 amide bonds. The van der Waals surface area contributed by atoms with E-state index in [1.165, 1.54) is 0 Å². The number of rotatable bonds is 5. The summed E-state index contributed by atoms with van der Waals surface area (Å²) in [5.41, 5.74) is 0.635. The molecule has 4 rings (SSSR count). The van der Waals surface area contributed by atoms with Gasteiger partial charge in [0.25, 0.3) is 0 Å². The maximum Gasteiger partial charge on any atom is 0.234 e. The Morgan fingerprint density at radius 3 is 2.64 bits per heavy atom. The molecular weight excluding hydrogens is 318 g/mol. The van der Waals surface area contributed by atoms with Gasteiger partial charge in [-0.3, -0.25) is 0 Å². The van der Waals surface area contributed by atoms with Crippen molar-refractivity contribution in [3.8, 4) is 11.4 Å². The van der Waals surface area contributed by atoms with Crippen LogP contribution < -0.4 is 0 Å². The summed E-state index contributed by atoms with van der Waals surface area (Å²) in [7, 11) is 3.67. The topological polar surface area (TPSA) is 78.9 Å². The molecule has 1 aromatic carbocycles. The molecule has 1 saturated carbocycles. The summed E-state index contributed by atoms with van der Waals surface area (Å²) in [4.78, 5) is 4.57. The number of hydrogen-bond acceptors (Lipinski definition) is 6. The third kappa shape index (κ3) is 2.84. The van der Waals surface area contributed by atoms with E-state index in [1.807, 2.05) is 41.9 Å². The lowest BCUT2D eigenvalue weighted by Gasteiger charge is -2.22. The van der Waals surface area contributed by atoms with E-state index in [-0.39, 0.29) is 0 Å². The Hall–Kier alpha value is -2.54. The summed E-state index contributed by atoms with van der Waals surface area (Å²) in [5.74, 6) is 2.79. The highest BCUT2D eigenvalue weighted by molar-refractivity contribution is 5.54. The van der Waals surface area contributed by atoms with Crippen molar-refractivity contribution >= 4 is 0 Å². The Morgan fingerprint density at radius 2 is 1.92 bits per heavy atom. The lowest BCUT2D eigenvalue weighted by molar-refractivity contribution is -0.0178. The van der Waals surface area contributed by atoms with Crippen molar-refractivity contribution < 1.29 is 9.26 Å². The molecule has 25 heavy (non-hydrogen) atoms. The normalized spacial score (nSPS) is 16.4. The number of ether oxygens (including phenoxy) is 1. The van der Waals surface area contributed by atoms with Crippen LogP contribution in [0.15, 0.2) is 34.9 Å². The Morgan fingerprint density at radius 1 is 1.16 bits per heavy atom. The second-order valence-electron chi connectivity index (χ2n) is 6.46. The van der Waals surface area contributed by atoms with Gasteiger partial charge in [0.2, 0.25) is 11.7 Å². The lowest BCUT2D eigenvalue weighted by Crippen LogP contribution is -2.26. The Kier molecular flexibility index (Phi) is 4.09. The van der Waals surface area contributed by atoms with E-state index in [2.05, 4.69) is 20.3 Å². The van der Waals surface area contributed by atoms with Crippen molar-refractivity contribution in [1.29, 1.82) is 0 Å². The van der Waals surface area contributed by atoms with Gasteiger partial charge in [0.15, 0.2) is 5.82 Å². The first kappa shape index (κ1) is 16.0. The van der Waals surface area contributed by atoms with Crippen molar-refractivity contribution in [2.75, 3.05) is 7.11 Å². The Balaban J connectivity index is 1.57. The standard InChI is InChI=1S/C18H21N5O2/c1-23-14(20-21-16(23)13-8-4-3-5-9-13)12-15-19-17(22-25-15)18(24-2)10-6-7-11-18/h3-5,8-9H,6-7,10-12H2,1-2H3. The van der Waals surface area contributed by atoms with Gasteiger partial charge in [-0.05, 0) is 25.7 Å². The van der Waals surface area contributed by atoms with Crippen LogP contribution in [0.4, 0.5) is 0 Å². The maximum absolute atomic E-state index is 5.72. The molecule has 1 aliphatic carbocycles. The summed E-state index contributed by atoms with van der Waals surface area (Å²) in [6, 6.07) is 9.98. The summed E-state index contributed by atoms with van der Waals surface area (Å²) in [6.07, 6.45) is 4.57. The van der Waals surface area contributed by atoms with E-state index in [4.69, 9.17) is 9.26 Å². The van der Waals surface area contributed by atoms with E-state index < -0.39 is 5.60 Å². The van der Waals surface area contributed by atoms with E-state index in [0.717, 1.165) is 42.9 Å². The lowest BCUT2D eigenvalue weighted by atomic mass is 10.0. The van der Waals surface area contributed by atoms with Crippen molar-refractivity contribution in [1.82, 2.24) is 24.9 Å². The minimum atomic E-state index is -0.392. The van der Waals surface area contributed by atoms with E-state index >= 15 is 0 Å². The SMILES string of the molecule is COC1(c2noc(Cc3nnc(-c4ccccc4)n3C)n2)CCCC1. The van der Waals surface area contributed by atoms with E-state index in [0.29, 0.717) is 18.1 Å². The molecule has 7 heteroatoms. The second kappa shape index (κ2) is 6.40. The molecule has 1 fully saturated rings. The molecule has 2 heterocycles. The summed E-state index contributed by atoms with van der Waals surface area (Å²) in [5, 5.41) is 12.7. The van der Waals surface area contributed by atoms with Gasteiger partial charge in [-0.1, -0.05) is 35.5 Å². The monoisotopic (exact) mass is 339 g/mol. The first-order valence-electron chi connectivity index (χ1n) is 8.54. The largest absolute Gasteiger partial charge is 0.370 e. The Bertz CT molecular complexity index is 849. The molecule has 0 aliphatic heterocycles. The number of aromatic nitrogens is 5. The van der Waals surface area contributed by atoms with Crippen LogP contribution in [0, 0.1) is 0 Å². The van der Waals surface area contributed by atoms with Gasteiger partial charge in [-0.25, -0.2) is 0 Å². The fourth-order valence-electron chi connectivity index (χ4n) is 3.47. The highest BCUT2D eigenvalue weighted by atomic mass is 16.5. The summed E-state index contributed by atoms with van der Waals surface area (Å²) in [6.45, 7) is 0. The average molecular weight is 339 g/mol. The smallest absolute Gasteiger partial charge is 0.234 e. The zero-order valence-corrected chi connectivity index (χ0v) is 14.5. The second-order valence-corrected chi connectivity index (χ2v) is 6.46. The van der Waals surface area contributed by atoms with Crippen molar-refractivity contribution in [2.24, 2.45) is 7.05 Å². The van der Waals surface area contributed by atoms with Crippen LogP contribution in [0.25, 0.3) is 11.4 Å². The molecule has 0 saturated heterocycles. The third-order valence-electron chi connectivity index (χ3n) is 4.98. The molecule has 0 radical (unpaired) electrons. The van der Waals surface area contributed by atoms with Gasteiger partial charge in [-0.2, -0.15) is 4.98 Å². The first-order chi connectivity index (χ1) is 12.2. The van der Waals surface area contributed by atoms with Gasteiger partial charge in [0.05, 0.1) is 6.42 Å². The summed E-state index contributed by atoms with van der Waals surface area (Å²) < 4.78 is 13.1. The quantitative estimate of drug-likeness (QED) is 0.711. The number of nitrogens with zero attached hydrogens (tertiary/aromatic N) is 5. The zero-order valence-electron chi connectivity index (χ0n) is 14.5. The molecule has 130 valence electrons. The Labute approximate surface area is 146 Å². The predicted octanol–water partition coefficient (Wildman–Crippen LogP) is 2.87. The fraction of sp³-hybridized carbons (Fsp3) is 0.444. The highest BCUT2D eigenvalue weighted by Crippen LogP contribution is 2.40. The van der Waals surface area contributed by atoms with Crippen LogP contribution in [-0.2, 0) is 23.8 Å². The minimum absolute atomic E-state index is 0.392. The van der Waals surface area contributed by atoms with Crippen molar-refractivity contribution in [3.05, 3.63) is 47.9 Å². The molecule has 7 nitrogen and oxygen atoms in total. The molecule has 0 unspecified atom stereocenters. The highest BCUT2D eigenvalue weighted by Gasteiger charge is 2.40.